The van der Waals surface area contributed by atoms with Gasteiger partial charge < -0.3 is 0 Å². The molecule has 0 aromatic carbocycles. The number of carbonyl (C=O) groups excluding carboxylic acids is 1. The molecule has 0 spiro atoms. The summed E-state index contributed by atoms with van der Waals surface area (Å²) in [5.41, 5.74) is 0. The summed E-state index contributed by atoms with van der Waals surface area (Å²) in [5, 5.41) is -6.05. The van der Waals surface area contributed by atoms with Gasteiger partial charge in [0.2, 0.25) is 5.91 Å². The van der Waals surface area contributed by atoms with E-state index in [4.69, 9.17) is 0 Å². The van der Waals surface area contributed by atoms with Gasteiger partial charge in [-0.3, -0.25) is 4.79 Å². The molecule has 0 aliphatic rings. The predicted molar refractivity (Wildman–Crippen MR) is 126 cm³/mol. The van der Waals surface area contributed by atoms with Gasteiger partial charge in [-0.1, -0.05) is 79.8 Å². The predicted octanol–water partition coefficient (Wildman–Crippen LogP) is 7.07. The SMILES string of the molecule is CC/C=C\C/C=C\C/C=C\C/C=C\C/C=C\C/C=C\CCC(=O)NS(=O)(=O)C(F)(F)C(F)(F)F. The molecule has 34 heavy (non-hydrogen) atoms. The Morgan fingerprint density at radius 3 is 1.38 bits per heavy atom. The summed E-state index contributed by atoms with van der Waals surface area (Å²) < 4.78 is 85.0. The van der Waals surface area contributed by atoms with Crippen molar-refractivity contribution in [2.45, 2.75) is 69.7 Å². The van der Waals surface area contributed by atoms with Gasteiger partial charge >= 0.3 is 21.5 Å². The van der Waals surface area contributed by atoms with Crippen LogP contribution in [0.5, 0.6) is 0 Å². The molecule has 0 aliphatic heterocycles. The highest BCUT2D eigenvalue weighted by Crippen LogP contribution is 2.39. The zero-order chi connectivity index (χ0) is 25.9. The summed E-state index contributed by atoms with van der Waals surface area (Å²) in [6.07, 6.45) is 21.9. The van der Waals surface area contributed by atoms with E-state index in [1.165, 1.54) is 6.08 Å². The van der Waals surface area contributed by atoms with Crippen molar-refractivity contribution in [2.24, 2.45) is 0 Å². The summed E-state index contributed by atoms with van der Waals surface area (Å²) in [7, 11) is -6.20. The van der Waals surface area contributed by atoms with Gasteiger partial charge in [-0.15, -0.1) is 0 Å². The number of allylic oxidation sites excluding steroid dienone is 12. The molecular weight excluding hydrogens is 477 g/mol. The minimum absolute atomic E-state index is 0.0103. The monoisotopic (exact) mass is 509 g/mol. The van der Waals surface area contributed by atoms with E-state index in [2.05, 4.69) is 43.4 Å². The molecule has 192 valence electrons. The maximum atomic E-state index is 12.9. The average Bonchev–Trinajstić information content (AvgIpc) is 2.74. The third-order valence-electron chi connectivity index (χ3n) is 4.05. The van der Waals surface area contributed by atoms with E-state index in [9.17, 15) is 35.2 Å². The molecule has 1 amide bonds. The van der Waals surface area contributed by atoms with Crippen molar-refractivity contribution in [1.82, 2.24) is 4.72 Å². The molecule has 0 rings (SSSR count). The highest BCUT2D eigenvalue weighted by molar-refractivity contribution is 7.91. The molecule has 0 atom stereocenters. The summed E-state index contributed by atoms with van der Waals surface area (Å²) in [5.74, 6) is -1.44. The van der Waals surface area contributed by atoms with Crippen molar-refractivity contribution >= 4 is 15.9 Å². The van der Waals surface area contributed by atoms with Crippen LogP contribution in [0.25, 0.3) is 0 Å². The van der Waals surface area contributed by atoms with Crippen molar-refractivity contribution < 1.29 is 35.2 Å². The van der Waals surface area contributed by atoms with E-state index < -0.39 is 33.8 Å². The quantitative estimate of drug-likeness (QED) is 0.179. The largest absolute Gasteiger partial charge is 0.471 e. The topological polar surface area (TPSA) is 63.2 Å². The van der Waals surface area contributed by atoms with Crippen LogP contribution in [0.4, 0.5) is 22.0 Å². The van der Waals surface area contributed by atoms with E-state index >= 15 is 0 Å². The molecule has 0 saturated heterocycles. The highest BCUT2D eigenvalue weighted by Gasteiger charge is 2.67. The maximum absolute atomic E-state index is 12.9. The number of amides is 1. The van der Waals surface area contributed by atoms with Crippen molar-refractivity contribution in [3.8, 4) is 0 Å². The fourth-order valence-corrected chi connectivity index (χ4v) is 3.11. The minimum Gasteiger partial charge on any atom is -0.274 e. The van der Waals surface area contributed by atoms with Gasteiger partial charge in [-0.05, 0) is 44.9 Å². The van der Waals surface area contributed by atoms with Gasteiger partial charge in [-0.2, -0.15) is 30.4 Å². The molecule has 0 unspecified atom stereocenters. The van der Waals surface area contributed by atoms with Crippen LogP contribution in [0.1, 0.15) is 58.3 Å². The first-order chi connectivity index (χ1) is 16.0. The van der Waals surface area contributed by atoms with Gasteiger partial charge in [0, 0.05) is 6.42 Å². The molecule has 4 nitrogen and oxygen atoms in total. The fourth-order valence-electron chi connectivity index (χ4n) is 2.27. The van der Waals surface area contributed by atoms with E-state index in [-0.39, 0.29) is 6.42 Å². The maximum Gasteiger partial charge on any atom is 0.471 e. The lowest BCUT2D eigenvalue weighted by Crippen LogP contribution is -2.51. The number of sulfonamides is 1. The smallest absolute Gasteiger partial charge is 0.274 e. The molecule has 0 saturated carbocycles. The Morgan fingerprint density at radius 1 is 0.676 bits per heavy atom. The van der Waals surface area contributed by atoms with Crippen molar-refractivity contribution in [3.63, 3.8) is 0 Å². The van der Waals surface area contributed by atoms with E-state index in [1.807, 2.05) is 24.3 Å². The van der Waals surface area contributed by atoms with Crippen molar-refractivity contribution in [3.05, 3.63) is 72.9 Å². The Morgan fingerprint density at radius 2 is 1.03 bits per heavy atom. The molecule has 0 heterocycles. The second-order valence-corrected chi connectivity index (χ2v) is 8.72. The number of rotatable bonds is 16. The number of hydrogen-bond donors (Lipinski definition) is 1. The molecule has 0 bridgehead atoms. The molecule has 0 radical (unpaired) electrons. The lowest BCUT2D eigenvalue weighted by atomic mass is 10.2. The zero-order valence-corrected chi connectivity index (χ0v) is 19.9. The Hall–Kier alpha value is -2.49. The minimum atomic E-state index is -6.32. The van der Waals surface area contributed by atoms with Crippen LogP contribution in [0, 0.1) is 0 Å². The van der Waals surface area contributed by atoms with E-state index in [1.54, 1.807) is 6.08 Å². The van der Waals surface area contributed by atoms with Crippen molar-refractivity contribution in [1.29, 1.82) is 0 Å². The number of hydrogen-bond acceptors (Lipinski definition) is 3. The van der Waals surface area contributed by atoms with Crippen LogP contribution in [0.2, 0.25) is 0 Å². The van der Waals surface area contributed by atoms with Crippen LogP contribution in [-0.4, -0.2) is 25.8 Å². The third kappa shape index (κ3) is 13.9. The zero-order valence-electron chi connectivity index (χ0n) is 19.1. The second-order valence-electron chi connectivity index (χ2n) is 7.00. The average molecular weight is 510 g/mol. The van der Waals surface area contributed by atoms with Crippen LogP contribution in [-0.2, 0) is 14.8 Å². The number of halogens is 5. The molecule has 0 aromatic heterocycles. The summed E-state index contributed by atoms with van der Waals surface area (Å²) in [6.45, 7) is 2.10. The Bertz CT molecular complexity index is 868. The molecule has 0 aromatic rings. The van der Waals surface area contributed by atoms with Gasteiger partial charge in [0.1, 0.15) is 0 Å². The van der Waals surface area contributed by atoms with Crippen LogP contribution in [0.3, 0.4) is 0 Å². The standard InChI is InChI=1S/C24H32F5NO3S/c1-2-3-4-5-6-7-8-9-10-11-12-13-14-15-16-17-18-19-20-21-22(31)30-34(32,33)24(28,29)23(25,26)27/h3-4,6-7,9-10,12-13,15-16,18-19H,2,5,8,11,14,17,20-21H2,1H3,(H,30,31)/b4-3-,7-6-,10-9-,13-12-,16-15-,19-18-. The normalized spacial score (nSPS) is 14.2. The first-order valence-electron chi connectivity index (χ1n) is 10.9. The molecule has 10 heteroatoms. The summed E-state index contributed by atoms with van der Waals surface area (Å²) in [6, 6.07) is 0. The van der Waals surface area contributed by atoms with Crippen molar-refractivity contribution in [2.75, 3.05) is 0 Å². The first kappa shape index (κ1) is 31.5. The van der Waals surface area contributed by atoms with E-state index in [0.29, 0.717) is 6.42 Å². The third-order valence-corrected chi connectivity index (χ3v) is 5.45. The molecule has 0 fully saturated rings. The van der Waals surface area contributed by atoms with E-state index in [0.717, 1.165) is 36.8 Å². The first-order valence-corrected chi connectivity index (χ1v) is 12.3. The highest BCUT2D eigenvalue weighted by atomic mass is 32.2. The lowest BCUT2D eigenvalue weighted by molar-refractivity contribution is -0.241. The van der Waals surface area contributed by atoms with Crippen LogP contribution >= 0.6 is 0 Å². The van der Waals surface area contributed by atoms with Crippen LogP contribution < -0.4 is 4.72 Å². The van der Waals surface area contributed by atoms with Gasteiger partial charge in [0.15, 0.2) is 0 Å². The Labute approximate surface area is 198 Å². The van der Waals surface area contributed by atoms with Gasteiger partial charge in [0.05, 0.1) is 0 Å². The van der Waals surface area contributed by atoms with Gasteiger partial charge in [-0.25, -0.2) is 4.72 Å². The fraction of sp³-hybridized carbons (Fsp3) is 0.458. The summed E-state index contributed by atoms with van der Waals surface area (Å²) in [4.78, 5) is 11.4. The summed E-state index contributed by atoms with van der Waals surface area (Å²) >= 11 is 0. The Balaban J connectivity index is 4.00. The molecular formula is C24H32F5NO3S. The number of alkyl halides is 5. The Kier molecular flexibility index (Phi) is 15.8. The molecule has 1 N–H and O–H groups in total. The van der Waals surface area contributed by atoms with Gasteiger partial charge in [0.25, 0.3) is 0 Å². The second kappa shape index (κ2) is 17.0. The van der Waals surface area contributed by atoms with Crippen LogP contribution in [0.15, 0.2) is 72.9 Å². The lowest BCUT2D eigenvalue weighted by Gasteiger charge is -2.19. The number of carbonyl (C=O) groups is 1. The molecule has 0 aliphatic carbocycles. The number of nitrogens with one attached hydrogen (secondary N) is 1.